The van der Waals surface area contributed by atoms with Crippen molar-refractivity contribution in [1.82, 2.24) is 0 Å². The quantitative estimate of drug-likeness (QED) is 0.779. The van der Waals surface area contributed by atoms with Gasteiger partial charge in [-0.2, -0.15) is 0 Å². The maximum Gasteiger partial charge on any atom is 0.143 e. The number of fused-ring (bicyclic) bond motifs is 1. The first kappa shape index (κ1) is 11.1. The zero-order valence-electron chi connectivity index (χ0n) is 10.3. The van der Waals surface area contributed by atoms with Crippen LogP contribution in [0.5, 0.6) is 5.75 Å². The molecule has 16 heavy (non-hydrogen) atoms. The van der Waals surface area contributed by atoms with Crippen molar-refractivity contribution in [3.05, 3.63) is 18.2 Å². The van der Waals surface area contributed by atoms with Crippen molar-refractivity contribution in [1.29, 1.82) is 0 Å². The van der Waals surface area contributed by atoms with E-state index in [0.29, 0.717) is 0 Å². The van der Waals surface area contributed by atoms with Gasteiger partial charge in [0.15, 0.2) is 0 Å². The number of anilines is 2. The molecule has 1 aliphatic rings. The highest BCUT2D eigenvalue weighted by molar-refractivity contribution is 5.66. The Bertz CT molecular complexity index is 388. The summed E-state index contributed by atoms with van der Waals surface area (Å²) in [5.74, 6) is 0.943. The fourth-order valence-corrected chi connectivity index (χ4v) is 2.21. The van der Waals surface area contributed by atoms with Gasteiger partial charge < -0.3 is 15.4 Å². The Morgan fingerprint density at radius 1 is 1.44 bits per heavy atom. The smallest absolute Gasteiger partial charge is 0.143 e. The van der Waals surface area contributed by atoms with Gasteiger partial charge in [-0.1, -0.05) is 6.92 Å². The van der Waals surface area contributed by atoms with E-state index in [2.05, 4.69) is 25.7 Å². The Morgan fingerprint density at radius 3 is 2.88 bits per heavy atom. The van der Waals surface area contributed by atoms with Crippen LogP contribution in [0.2, 0.25) is 0 Å². The van der Waals surface area contributed by atoms with E-state index in [0.717, 1.165) is 36.6 Å². The van der Waals surface area contributed by atoms with E-state index in [-0.39, 0.29) is 5.60 Å². The highest BCUT2D eigenvalue weighted by Gasteiger charge is 2.31. The molecule has 0 aliphatic carbocycles. The molecule has 0 radical (unpaired) electrons. The highest BCUT2D eigenvalue weighted by Crippen LogP contribution is 2.38. The van der Waals surface area contributed by atoms with E-state index in [9.17, 15) is 0 Å². The molecule has 0 fully saturated rings. The molecule has 3 nitrogen and oxygen atoms in total. The molecular formula is C13H20N2O. The fourth-order valence-electron chi connectivity index (χ4n) is 2.21. The number of hydrogen-bond acceptors (Lipinski definition) is 3. The zero-order chi connectivity index (χ0) is 11.8. The first-order valence-corrected chi connectivity index (χ1v) is 5.85. The molecule has 1 aromatic rings. The summed E-state index contributed by atoms with van der Waals surface area (Å²) in [6.07, 6.45) is 1.13. The van der Waals surface area contributed by atoms with Crippen LogP contribution in [0.15, 0.2) is 18.2 Å². The summed E-state index contributed by atoms with van der Waals surface area (Å²) in [7, 11) is 0. The minimum absolute atomic E-state index is 0.127. The van der Waals surface area contributed by atoms with Crippen LogP contribution >= 0.6 is 0 Å². The second-order valence-corrected chi connectivity index (χ2v) is 5.01. The van der Waals surface area contributed by atoms with Gasteiger partial charge in [-0.3, -0.25) is 0 Å². The van der Waals surface area contributed by atoms with Gasteiger partial charge in [-0.25, -0.2) is 0 Å². The number of nitrogens with two attached hydrogens (primary N) is 1. The Hall–Kier alpha value is -1.38. The molecule has 0 spiro atoms. The summed E-state index contributed by atoms with van der Waals surface area (Å²) in [5, 5.41) is 0. The largest absolute Gasteiger partial charge is 0.484 e. The van der Waals surface area contributed by atoms with Crippen molar-refractivity contribution < 1.29 is 4.74 Å². The number of ether oxygens (including phenoxy) is 1. The molecule has 0 aromatic heterocycles. The van der Waals surface area contributed by atoms with Crippen LogP contribution in [-0.2, 0) is 0 Å². The molecule has 3 heteroatoms. The van der Waals surface area contributed by atoms with E-state index in [1.54, 1.807) is 0 Å². The van der Waals surface area contributed by atoms with Crippen LogP contribution in [0.1, 0.15) is 27.2 Å². The average molecular weight is 220 g/mol. The standard InChI is InChI=1S/C13H20N2O/c1-4-7-15-9-13(2,3)16-12-6-5-10(14)8-11(12)15/h5-6,8H,4,7,9,14H2,1-3H3. The summed E-state index contributed by atoms with van der Waals surface area (Å²) in [6, 6.07) is 5.86. The van der Waals surface area contributed by atoms with Crippen LogP contribution in [0.25, 0.3) is 0 Å². The SMILES string of the molecule is CCCN1CC(C)(C)Oc2ccc(N)cc21. The second kappa shape index (κ2) is 3.89. The molecule has 0 atom stereocenters. The molecular weight excluding hydrogens is 200 g/mol. The lowest BCUT2D eigenvalue weighted by Crippen LogP contribution is -2.47. The Morgan fingerprint density at radius 2 is 2.19 bits per heavy atom. The minimum Gasteiger partial charge on any atom is -0.484 e. The van der Waals surface area contributed by atoms with Crippen molar-refractivity contribution in [2.24, 2.45) is 0 Å². The Kier molecular flexibility index (Phi) is 2.70. The van der Waals surface area contributed by atoms with Crippen molar-refractivity contribution in [3.8, 4) is 5.75 Å². The molecule has 2 N–H and O–H groups in total. The van der Waals surface area contributed by atoms with E-state index in [1.165, 1.54) is 0 Å². The third-order valence-corrected chi connectivity index (χ3v) is 2.78. The van der Waals surface area contributed by atoms with E-state index >= 15 is 0 Å². The van der Waals surface area contributed by atoms with Gasteiger partial charge in [0, 0.05) is 12.2 Å². The van der Waals surface area contributed by atoms with Gasteiger partial charge in [-0.15, -0.1) is 0 Å². The molecule has 88 valence electrons. The van der Waals surface area contributed by atoms with Gasteiger partial charge in [-0.05, 0) is 38.5 Å². The molecule has 1 aliphatic heterocycles. The van der Waals surface area contributed by atoms with Crippen molar-refractivity contribution in [2.75, 3.05) is 23.7 Å². The monoisotopic (exact) mass is 220 g/mol. The van der Waals surface area contributed by atoms with Gasteiger partial charge in [0.05, 0.1) is 12.2 Å². The molecule has 0 saturated heterocycles. The summed E-state index contributed by atoms with van der Waals surface area (Å²) in [4.78, 5) is 2.36. The average Bonchev–Trinajstić information content (AvgIpc) is 2.18. The van der Waals surface area contributed by atoms with Crippen LogP contribution < -0.4 is 15.4 Å². The first-order chi connectivity index (χ1) is 7.52. The molecule has 2 rings (SSSR count). The lowest BCUT2D eigenvalue weighted by molar-refractivity contribution is 0.105. The number of benzene rings is 1. The second-order valence-electron chi connectivity index (χ2n) is 5.01. The number of nitrogen functional groups attached to an aromatic ring is 1. The molecule has 0 unspecified atom stereocenters. The van der Waals surface area contributed by atoms with E-state index in [1.807, 2.05) is 18.2 Å². The van der Waals surface area contributed by atoms with Crippen LogP contribution in [0.4, 0.5) is 11.4 Å². The van der Waals surface area contributed by atoms with Gasteiger partial charge in [0.25, 0.3) is 0 Å². The summed E-state index contributed by atoms with van der Waals surface area (Å²) in [6.45, 7) is 8.39. The molecule has 1 aromatic carbocycles. The summed E-state index contributed by atoms with van der Waals surface area (Å²) >= 11 is 0. The van der Waals surface area contributed by atoms with Gasteiger partial charge >= 0.3 is 0 Å². The summed E-state index contributed by atoms with van der Waals surface area (Å²) < 4.78 is 5.95. The predicted octanol–water partition coefficient (Wildman–Crippen LogP) is 2.66. The molecule has 1 heterocycles. The fraction of sp³-hybridized carbons (Fsp3) is 0.538. The maximum atomic E-state index is 5.95. The van der Waals surface area contributed by atoms with Crippen LogP contribution in [0.3, 0.4) is 0 Å². The zero-order valence-corrected chi connectivity index (χ0v) is 10.3. The minimum atomic E-state index is -0.127. The van der Waals surface area contributed by atoms with Crippen LogP contribution in [0, 0.1) is 0 Å². The molecule has 0 saturated carbocycles. The first-order valence-electron chi connectivity index (χ1n) is 5.85. The van der Waals surface area contributed by atoms with Crippen molar-refractivity contribution >= 4 is 11.4 Å². The number of nitrogens with zero attached hydrogens (tertiary/aromatic N) is 1. The molecule has 0 bridgehead atoms. The van der Waals surface area contributed by atoms with Gasteiger partial charge in [0.2, 0.25) is 0 Å². The highest BCUT2D eigenvalue weighted by atomic mass is 16.5. The van der Waals surface area contributed by atoms with E-state index < -0.39 is 0 Å². The normalized spacial score (nSPS) is 17.8. The third-order valence-electron chi connectivity index (χ3n) is 2.78. The topological polar surface area (TPSA) is 38.5 Å². The maximum absolute atomic E-state index is 5.95. The van der Waals surface area contributed by atoms with E-state index in [4.69, 9.17) is 10.5 Å². The Balaban J connectivity index is 2.39. The Labute approximate surface area is 97.2 Å². The lowest BCUT2D eigenvalue weighted by Gasteiger charge is -2.41. The number of rotatable bonds is 2. The lowest BCUT2D eigenvalue weighted by atomic mass is 10.0. The predicted molar refractivity (Wildman–Crippen MR) is 68.1 cm³/mol. The summed E-state index contributed by atoms with van der Waals surface area (Å²) in [5.41, 5.74) is 7.62. The third kappa shape index (κ3) is 2.08. The van der Waals surface area contributed by atoms with Crippen LogP contribution in [-0.4, -0.2) is 18.7 Å². The van der Waals surface area contributed by atoms with Crippen molar-refractivity contribution in [2.45, 2.75) is 32.8 Å². The van der Waals surface area contributed by atoms with Gasteiger partial charge in [0.1, 0.15) is 11.4 Å². The van der Waals surface area contributed by atoms with Crippen molar-refractivity contribution in [3.63, 3.8) is 0 Å². The number of hydrogen-bond donors (Lipinski definition) is 1. The molecule has 0 amide bonds.